The molecule has 3 N–H and O–H groups in total. The van der Waals surface area contributed by atoms with Gasteiger partial charge in [-0.3, -0.25) is 9.59 Å². The molecule has 1 aromatic carbocycles. The number of fused-ring (bicyclic) bond motifs is 1. The molecule has 2 rings (SSSR count). The average molecular weight is 347 g/mol. The van der Waals surface area contributed by atoms with Crippen LogP contribution in [0.25, 0.3) is 0 Å². The van der Waals surface area contributed by atoms with Crippen LogP contribution in [0.1, 0.15) is 49.7 Å². The predicted molar refractivity (Wildman–Crippen MR) is 92.2 cm³/mol. The van der Waals surface area contributed by atoms with Gasteiger partial charge < -0.3 is 15.5 Å². The van der Waals surface area contributed by atoms with E-state index in [1.54, 1.807) is 0 Å². The van der Waals surface area contributed by atoms with E-state index in [4.69, 9.17) is 0 Å². The highest BCUT2D eigenvalue weighted by molar-refractivity contribution is 5.98. The number of aryl methyl sites for hydroxylation is 1. The van der Waals surface area contributed by atoms with Crippen LogP contribution in [0, 0.1) is 5.92 Å². The summed E-state index contributed by atoms with van der Waals surface area (Å²) in [4.78, 5) is 35.2. The third-order valence-electron chi connectivity index (χ3n) is 4.71. The van der Waals surface area contributed by atoms with Crippen molar-refractivity contribution in [1.82, 2.24) is 5.32 Å². The van der Waals surface area contributed by atoms with Gasteiger partial charge in [0.1, 0.15) is 12.0 Å². The molecule has 0 aliphatic carbocycles. The Kier molecular flexibility index (Phi) is 6.98. The van der Waals surface area contributed by atoms with Gasteiger partial charge in [-0.05, 0) is 30.4 Å². The summed E-state index contributed by atoms with van der Waals surface area (Å²) in [7, 11) is 0. The Bertz CT molecular complexity index is 628. The van der Waals surface area contributed by atoms with Gasteiger partial charge >= 0.3 is 11.9 Å². The van der Waals surface area contributed by atoms with Crippen molar-refractivity contribution in [2.24, 2.45) is 5.92 Å². The second-order valence-corrected chi connectivity index (χ2v) is 6.57. The molecule has 1 amide bonds. The van der Waals surface area contributed by atoms with Crippen molar-refractivity contribution in [2.75, 3.05) is 0 Å². The fourth-order valence-electron chi connectivity index (χ4n) is 3.25. The highest BCUT2D eigenvalue weighted by Gasteiger charge is 2.30. The number of benzene rings is 1. The lowest BCUT2D eigenvalue weighted by atomic mass is 9.94. The molecule has 0 fully saturated rings. The van der Waals surface area contributed by atoms with Crippen molar-refractivity contribution in [3.05, 3.63) is 35.4 Å². The second kappa shape index (κ2) is 9.20. The molecule has 136 valence electrons. The summed E-state index contributed by atoms with van der Waals surface area (Å²) < 4.78 is 0. The van der Waals surface area contributed by atoms with Gasteiger partial charge in [0, 0.05) is 6.42 Å². The maximum absolute atomic E-state index is 12.3. The van der Waals surface area contributed by atoms with Crippen LogP contribution < -0.4 is 5.32 Å². The molecule has 1 aliphatic rings. The van der Waals surface area contributed by atoms with Gasteiger partial charge in [-0.1, -0.05) is 49.9 Å². The van der Waals surface area contributed by atoms with Crippen LogP contribution in [0.4, 0.5) is 0 Å². The molecule has 0 spiro atoms. The van der Waals surface area contributed by atoms with E-state index >= 15 is 0 Å². The molecule has 1 aromatic rings. The van der Waals surface area contributed by atoms with Crippen molar-refractivity contribution in [3.63, 3.8) is 0 Å². The summed E-state index contributed by atoms with van der Waals surface area (Å²) in [5, 5.41) is 21.2. The largest absolute Gasteiger partial charge is 0.481 e. The molecular formula is C19H25NO5. The number of rotatable bonds is 2. The van der Waals surface area contributed by atoms with E-state index in [9.17, 15) is 24.6 Å². The molecule has 0 aromatic heterocycles. The van der Waals surface area contributed by atoms with E-state index in [2.05, 4.69) is 5.32 Å². The third kappa shape index (κ3) is 5.59. The van der Waals surface area contributed by atoms with Gasteiger partial charge in [0.05, 0.1) is 0 Å². The number of carbonyl (C=O) groups is 3. The van der Waals surface area contributed by atoms with Crippen molar-refractivity contribution in [2.45, 2.75) is 57.4 Å². The van der Waals surface area contributed by atoms with Crippen LogP contribution in [0.3, 0.4) is 0 Å². The van der Waals surface area contributed by atoms with Crippen molar-refractivity contribution in [1.29, 1.82) is 0 Å². The topological polar surface area (TPSA) is 104 Å². The van der Waals surface area contributed by atoms with E-state index in [1.807, 2.05) is 24.3 Å². The molecule has 2 unspecified atom stereocenters. The highest BCUT2D eigenvalue weighted by atomic mass is 16.4. The Hall–Kier alpha value is -2.37. The first-order chi connectivity index (χ1) is 12.0. The lowest BCUT2D eigenvalue weighted by Crippen LogP contribution is -2.46. The average Bonchev–Trinajstić information content (AvgIpc) is 2.56. The van der Waals surface area contributed by atoms with E-state index in [1.165, 1.54) is 0 Å². The summed E-state index contributed by atoms with van der Waals surface area (Å²) in [6.45, 7) is 0. The van der Waals surface area contributed by atoms with E-state index in [0.29, 0.717) is 6.42 Å². The molecule has 6 nitrogen and oxygen atoms in total. The number of carbonyl (C=O) groups excluding carboxylic acids is 1. The molecule has 0 saturated heterocycles. The number of carboxylic acid groups (broad SMARTS) is 2. The lowest BCUT2D eigenvalue weighted by Gasteiger charge is -2.20. The highest BCUT2D eigenvalue weighted by Crippen LogP contribution is 2.18. The number of amides is 1. The molecule has 6 heteroatoms. The zero-order valence-electron chi connectivity index (χ0n) is 14.2. The molecule has 0 radical (unpaired) electrons. The van der Waals surface area contributed by atoms with Gasteiger partial charge in [0.25, 0.3) is 0 Å². The van der Waals surface area contributed by atoms with Crippen LogP contribution in [-0.4, -0.2) is 34.1 Å². The summed E-state index contributed by atoms with van der Waals surface area (Å²) in [5.41, 5.74) is 1.98. The second-order valence-electron chi connectivity index (χ2n) is 6.57. The fourth-order valence-corrected chi connectivity index (χ4v) is 3.25. The summed E-state index contributed by atoms with van der Waals surface area (Å²) in [6, 6.07) is 6.51. The van der Waals surface area contributed by atoms with E-state index < -0.39 is 29.8 Å². The van der Waals surface area contributed by atoms with Crippen molar-refractivity contribution >= 4 is 17.8 Å². The van der Waals surface area contributed by atoms with Gasteiger partial charge in [-0.15, -0.1) is 0 Å². The van der Waals surface area contributed by atoms with Gasteiger partial charge in [-0.2, -0.15) is 0 Å². The van der Waals surface area contributed by atoms with Gasteiger partial charge in [-0.25, -0.2) is 4.79 Å². The maximum atomic E-state index is 12.3. The normalized spacial score (nSPS) is 23.0. The Labute approximate surface area is 147 Å². The molecule has 25 heavy (non-hydrogen) atoms. The molecule has 0 saturated carbocycles. The third-order valence-corrected chi connectivity index (χ3v) is 4.71. The number of carboxylic acids is 2. The monoisotopic (exact) mass is 347 g/mol. The smallest absolute Gasteiger partial charge is 0.326 e. The number of nitrogens with one attached hydrogen (secondary N) is 1. The zero-order chi connectivity index (χ0) is 18.2. The molecule has 2 atom stereocenters. The number of aliphatic carboxylic acids is 2. The first-order valence-electron chi connectivity index (χ1n) is 8.82. The van der Waals surface area contributed by atoms with E-state index in [0.717, 1.165) is 43.2 Å². The standard InChI is InChI=1S/C19H25NO5/c21-17-15(18(22)23)11-5-3-1-2-4-8-13-9-6-7-10-14(13)12-16(20-17)19(24)25/h6-7,9-10,15-16H,1-5,8,11-12H2,(H,20,21)(H,22,23)(H,24,25). The lowest BCUT2D eigenvalue weighted by molar-refractivity contribution is -0.150. The summed E-state index contributed by atoms with van der Waals surface area (Å²) in [5.74, 6) is -4.26. The first kappa shape index (κ1) is 19.0. The van der Waals surface area contributed by atoms with Gasteiger partial charge in [0.2, 0.25) is 5.91 Å². The SMILES string of the molecule is O=C(O)C1Cc2ccccc2CCCCCCCC(C(=O)O)C(=O)N1. The van der Waals surface area contributed by atoms with Crippen molar-refractivity contribution in [3.8, 4) is 0 Å². The molecular weight excluding hydrogens is 322 g/mol. The predicted octanol–water partition coefficient (Wildman–Crippen LogP) is 2.40. The first-order valence-corrected chi connectivity index (χ1v) is 8.82. The van der Waals surface area contributed by atoms with Crippen molar-refractivity contribution < 1.29 is 24.6 Å². The molecule has 1 heterocycles. The van der Waals surface area contributed by atoms with Crippen LogP contribution in [0.15, 0.2) is 24.3 Å². The zero-order valence-corrected chi connectivity index (χ0v) is 14.2. The minimum absolute atomic E-state index is 0.156. The van der Waals surface area contributed by atoms with Crippen LogP contribution >= 0.6 is 0 Å². The van der Waals surface area contributed by atoms with E-state index in [-0.39, 0.29) is 12.8 Å². The fraction of sp³-hybridized carbons (Fsp3) is 0.526. The maximum Gasteiger partial charge on any atom is 0.326 e. The minimum Gasteiger partial charge on any atom is -0.481 e. The van der Waals surface area contributed by atoms with Crippen LogP contribution in [0.5, 0.6) is 0 Å². The summed E-state index contributed by atoms with van der Waals surface area (Å²) >= 11 is 0. The van der Waals surface area contributed by atoms with Crippen LogP contribution in [-0.2, 0) is 27.2 Å². The Morgan fingerprint density at radius 2 is 1.56 bits per heavy atom. The number of hydrogen-bond donors (Lipinski definition) is 3. The molecule has 0 bridgehead atoms. The van der Waals surface area contributed by atoms with Gasteiger partial charge in [0.15, 0.2) is 0 Å². The Morgan fingerprint density at radius 3 is 2.24 bits per heavy atom. The molecule has 1 aliphatic heterocycles. The van der Waals surface area contributed by atoms with Crippen LogP contribution in [0.2, 0.25) is 0 Å². The number of hydrogen-bond acceptors (Lipinski definition) is 3. The summed E-state index contributed by atoms with van der Waals surface area (Å²) in [6.07, 6.45) is 5.87. The Balaban J connectivity index is 2.25. The quantitative estimate of drug-likeness (QED) is 0.713. The Morgan fingerprint density at radius 1 is 0.920 bits per heavy atom. The minimum atomic E-state index is -1.20.